The Morgan fingerprint density at radius 1 is 1.07 bits per heavy atom. The van der Waals surface area contributed by atoms with Gasteiger partial charge < -0.3 is 14.8 Å². The van der Waals surface area contributed by atoms with Gasteiger partial charge in [0.1, 0.15) is 11.5 Å². The molecular formula is C21H24ClNO5S. The summed E-state index contributed by atoms with van der Waals surface area (Å²) in [6.45, 7) is 0.136. The Labute approximate surface area is 176 Å². The second kappa shape index (κ2) is 8.63. The van der Waals surface area contributed by atoms with E-state index in [2.05, 4.69) is 5.32 Å². The Bertz CT molecular complexity index is 983. The lowest BCUT2D eigenvalue weighted by atomic mass is 10.1. The van der Waals surface area contributed by atoms with Crippen LogP contribution < -0.4 is 14.8 Å². The zero-order chi connectivity index (χ0) is 21.1. The number of hydrogen-bond acceptors (Lipinski definition) is 5. The molecule has 1 aliphatic rings. The molecule has 1 N–H and O–H groups in total. The number of carbonyl (C=O) groups is 1. The van der Waals surface area contributed by atoms with E-state index in [0.717, 1.165) is 0 Å². The van der Waals surface area contributed by atoms with Crippen molar-refractivity contribution in [3.63, 3.8) is 0 Å². The van der Waals surface area contributed by atoms with E-state index in [1.807, 2.05) is 0 Å². The SMILES string of the molecule is COc1ccc(OC)c(CNC(=O)C2(S(=O)(=O)c3ccc(Cl)cc3)CCCC2)c1. The fourth-order valence-electron chi connectivity index (χ4n) is 3.76. The molecule has 29 heavy (non-hydrogen) atoms. The molecule has 2 aromatic carbocycles. The van der Waals surface area contributed by atoms with Gasteiger partial charge in [0.05, 0.1) is 19.1 Å². The van der Waals surface area contributed by atoms with Gasteiger partial charge in [-0.15, -0.1) is 0 Å². The Hall–Kier alpha value is -2.25. The fourth-order valence-corrected chi connectivity index (χ4v) is 5.97. The highest BCUT2D eigenvalue weighted by molar-refractivity contribution is 7.93. The minimum atomic E-state index is -3.88. The number of rotatable bonds is 7. The van der Waals surface area contributed by atoms with Crippen molar-refractivity contribution in [2.24, 2.45) is 0 Å². The molecule has 0 aliphatic heterocycles. The monoisotopic (exact) mass is 437 g/mol. The van der Waals surface area contributed by atoms with Crippen molar-refractivity contribution in [2.75, 3.05) is 14.2 Å². The van der Waals surface area contributed by atoms with Gasteiger partial charge in [-0.25, -0.2) is 8.42 Å². The van der Waals surface area contributed by atoms with Crippen LogP contribution in [-0.2, 0) is 21.2 Å². The molecule has 0 saturated heterocycles. The number of amides is 1. The molecular weight excluding hydrogens is 414 g/mol. The quantitative estimate of drug-likeness (QED) is 0.713. The molecule has 1 aliphatic carbocycles. The van der Waals surface area contributed by atoms with Crippen LogP contribution in [0.4, 0.5) is 0 Å². The summed E-state index contributed by atoms with van der Waals surface area (Å²) in [5, 5.41) is 3.26. The van der Waals surface area contributed by atoms with E-state index in [-0.39, 0.29) is 11.4 Å². The van der Waals surface area contributed by atoms with Gasteiger partial charge in [0, 0.05) is 17.1 Å². The van der Waals surface area contributed by atoms with Crippen LogP contribution in [0.5, 0.6) is 11.5 Å². The Kier molecular flexibility index (Phi) is 6.39. The van der Waals surface area contributed by atoms with Gasteiger partial charge in [0.2, 0.25) is 5.91 Å². The van der Waals surface area contributed by atoms with E-state index in [1.165, 1.54) is 31.4 Å². The van der Waals surface area contributed by atoms with E-state index < -0.39 is 20.5 Å². The summed E-state index contributed by atoms with van der Waals surface area (Å²) < 4.78 is 35.9. The molecule has 0 aromatic heterocycles. The first-order valence-electron chi connectivity index (χ1n) is 9.33. The molecule has 0 unspecified atom stereocenters. The normalized spacial score (nSPS) is 15.7. The summed E-state index contributed by atoms with van der Waals surface area (Å²) in [7, 11) is -0.786. The van der Waals surface area contributed by atoms with Crippen LogP contribution in [0.3, 0.4) is 0 Å². The van der Waals surface area contributed by atoms with Crippen LogP contribution in [0.1, 0.15) is 31.2 Å². The highest BCUT2D eigenvalue weighted by atomic mass is 35.5. The largest absolute Gasteiger partial charge is 0.497 e. The average Bonchev–Trinajstić information content (AvgIpc) is 3.24. The molecule has 156 valence electrons. The molecule has 1 fully saturated rings. The van der Waals surface area contributed by atoms with E-state index in [4.69, 9.17) is 21.1 Å². The van der Waals surface area contributed by atoms with Crippen LogP contribution in [0.25, 0.3) is 0 Å². The molecule has 8 heteroatoms. The number of ether oxygens (including phenoxy) is 2. The third-order valence-corrected chi connectivity index (χ3v) is 8.16. The Morgan fingerprint density at radius 3 is 2.31 bits per heavy atom. The summed E-state index contributed by atoms with van der Waals surface area (Å²) in [5.74, 6) is 0.723. The molecule has 1 saturated carbocycles. The van der Waals surface area contributed by atoms with Crippen molar-refractivity contribution >= 4 is 27.3 Å². The summed E-state index contributed by atoms with van der Waals surface area (Å²) in [4.78, 5) is 13.3. The molecule has 0 bridgehead atoms. The third kappa shape index (κ3) is 4.07. The van der Waals surface area contributed by atoms with Gasteiger partial charge in [-0.3, -0.25) is 4.79 Å². The first-order chi connectivity index (χ1) is 13.8. The van der Waals surface area contributed by atoms with E-state index in [0.29, 0.717) is 47.8 Å². The summed E-state index contributed by atoms with van der Waals surface area (Å²) in [6.07, 6.45) is 1.95. The summed E-state index contributed by atoms with van der Waals surface area (Å²) in [6, 6.07) is 11.2. The van der Waals surface area contributed by atoms with Gasteiger partial charge in [-0.2, -0.15) is 0 Å². The van der Waals surface area contributed by atoms with Gasteiger partial charge in [0.15, 0.2) is 14.6 Å². The number of nitrogens with one attached hydrogen (secondary N) is 1. The highest BCUT2D eigenvalue weighted by Gasteiger charge is 2.52. The van der Waals surface area contributed by atoms with Crippen molar-refractivity contribution in [1.29, 1.82) is 0 Å². The minimum Gasteiger partial charge on any atom is -0.497 e. The van der Waals surface area contributed by atoms with Crippen molar-refractivity contribution in [2.45, 2.75) is 41.9 Å². The van der Waals surface area contributed by atoms with Gasteiger partial charge >= 0.3 is 0 Å². The first-order valence-corrected chi connectivity index (χ1v) is 11.2. The van der Waals surface area contributed by atoms with Gasteiger partial charge in [-0.1, -0.05) is 24.4 Å². The maximum Gasteiger partial charge on any atom is 0.242 e. The van der Waals surface area contributed by atoms with Crippen molar-refractivity contribution in [1.82, 2.24) is 5.32 Å². The molecule has 0 heterocycles. The molecule has 6 nitrogen and oxygen atoms in total. The number of carbonyl (C=O) groups excluding carboxylic acids is 1. The first kappa shape index (κ1) is 21.5. The lowest BCUT2D eigenvalue weighted by molar-refractivity contribution is -0.123. The summed E-state index contributed by atoms with van der Waals surface area (Å²) >= 11 is 5.89. The Morgan fingerprint density at radius 2 is 1.72 bits per heavy atom. The predicted molar refractivity (Wildman–Crippen MR) is 111 cm³/mol. The van der Waals surface area contributed by atoms with Gasteiger partial charge in [0.25, 0.3) is 0 Å². The third-order valence-electron chi connectivity index (χ3n) is 5.39. The standard InChI is InChI=1S/C21H24ClNO5S/c1-27-17-7-10-19(28-2)15(13-17)14-23-20(24)21(11-3-4-12-21)29(25,26)18-8-5-16(22)6-9-18/h5-10,13H,3-4,11-12,14H2,1-2H3,(H,23,24). The minimum absolute atomic E-state index is 0.109. The second-order valence-electron chi connectivity index (χ2n) is 7.02. The lowest BCUT2D eigenvalue weighted by Gasteiger charge is -2.28. The fraction of sp³-hybridized carbons (Fsp3) is 0.381. The molecule has 1 amide bonds. The topological polar surface area (TPSA) is 81.7 Å². The molecule has 0 radical (unpaired) electrons. The molecule has 0 atom stereocenters. The van der Waals surface area contributed by atoms with E-state index in [1.54, 1.807) is 25.3 Å². The Balaban J connectivity index is 1.88. The second-order valence-corrected chi connectivity index (χ2v) is 9.72. The molecule has 2 aromatic rings. The number of methoxy groups -OCH3 is 2. The number of hydrogen-bond donors (Lipinski definition) is 1. The van der Waals surface area contributed by atoms with Crippen molar-refractivity contribution < 1.29 is 22.7 Å². The predicted octanol–water partition coefficient (Wildman–Crippen LogP) is 3.76. The average molecular weight is 438 g/mol. The van der Waals surface area contributed by atoms with Gasteiger partial charge in [-0.05, 0) is 55.3 Å². The van der Waals surface area contributed by atoms with E-state index >= 15 is 0 Å². The van der Waals surface area contributed by atoms with Crippen LogP contribution >= 0.6 is 11.6 Å². The number of benzene rings is 2. The van der Waals surface area contributed by atoms with Crippen LogP contribution in [-0.4, -0.2) is 33.3 Å². The van der Waals surface area contributed by atoms with Crippen molar-refractivity contribution in [3.05, 3.63) is 53.1 Å². The smallest absolute Gasteiger partial charge is 0.242 e. The van der Waals surface area contributed by atoms with Crippen LogP contribution in [0.15, 0.2) is 47.4 Å². The molecule has 3 rings (SSSR count). The van der Waals surface area contributed by atoms with Crippen LogP contribution in [0, 0.1) is 0 Å². The summed E-state index contributed by atoms with van der Waals surface area (Å²) in [5.41, 5.74) is 0.706. The maximum absolute atomic E-state index is 13.4. The molecule has 0 spiro atoms. The zero-order valence-electron chi connectivity index (χ0n) is 16.4. The zero-order valence-corrected chi connectivity index (χ0v) is 18.0. The highest BCUT2D eigenvalue weighted by Crippen LogP contribution is 2.41. The van der Waals surface area contributed by atoms with Crippen molar-refractivity contribution in [3.8, 4) is 11.5 Å². The van der Waals surface area contributed by atoms with E-state index in [9.17, 15) is 13.2 Å². The lowest BCUT2D eigenvalue weighted by Crippen LogP contribution is -2.50. The van der Waals surface area contributed by atoms with Crippen LogP contribution in [0.2, 0.25) is 5.02 Å². The number of sulfone groups is 1. The number of halogens is 1. The maximum atomic E-state index is 13.4.